The lowest BCUT2D eigenvalue weighted by Gasteiger charge is -2.35. The smallest absolute Gasteiger partial charge is 0.331 e. The summed E-state index contributed by atoms with van der Waals surface area (Å²) in [4.78, 5) is 11.5. The van der Waals surface area contributed by atoms with Gasteiger partial charge in [0.25, 0.3) is 0 Å². The number of ether oxygens (including phenoxy) is 2. The fourth-order valence-corrected chi connectivity index (χ4v) is 2.81. The lowest BCUT2D eigenvalue weighted by atomic mass is 10.0. The van der Waals surface area contributed by atoms with Crippen LogP contribution in [0.4, 0.5) is 0 Å². The summed E-state index contributed by atoms with van der Waals surface area (Å²) in [5.74, 6) is -0.497. The fraction of sp³-hybridized carbons (Fsp3) is 0.476. The Morgan fingerprint density at radius 2 is 2.00 bits per heavy atom. The number of aliphatic hydroxyl groups is 3. The molecule has 1 aromatic rings. The molecule has 1 heterocycles. The van der Waals surface area contributed by atoms with Gasteiger partial charge in [-0.15, -0.1) is 0 Å². The van der Waals surface area contributed by atoms with Crippen LogP contribution in [0.5, 0.6) is 11.5 Å². The number of phenolic OH excluding ortho intramolecular Hbond substituents is 1. The predicted molar refractivity (Wildman–Crippen MR) is 105 cm³/mol. The van der Waals surface area contributed by atoms with Gasteiger partial charge in [-0.3, -0.25) is 0 Å². The van der Waals surface area contributed by atoms with Crippen LogP contribution in [0.15, 0.2) is 42.0 Å². The van der Waals surface area contributed by atoms with Crippen molar-refractivity contribution in [1.29, 1.82) is 0 Å². The van der Waals surface area contributed by atoms with Crippen LogP contribution < -0.4 is 4.74 Å². The molecule has 8 heteroatoms. The topological polar surface area (TPSA) is 137 Å². The second-order valence-electron chi connectivity index (χ2n) is 7.28. The number of benzene rings is 1. The molecule has 1 saturated heterocycles. The maximum atomic E-state index is 11.5. The van der Waals surface area contributed by atoms with E-state index in [0.29, 0.717) is 11.5 Å². The van der Waals surface area contributed by atoms with E-state index in [9.17, 15) is 30.3 Å². The zero-order valence-corrected chi connectivity index (χ0v) is 16.4. The van der Waals surface area contributed by atoms with Crippen molar-refractivity contribution in [3.05, 3.63) is 47.6 Å². The van der Waals surface area contributed by atoms with Gasteiger partial charge in [0, 0.05) is 11.1 Å². The van der Waals surface area contributed by atoms with Gasteiger partial charge in [0.05, 0.1) is 6.61 Å². The molecule has 0 bridgehead atoms. The Bertz CT molecular complexity index is 755. The third-order valence-corrected chi connectivity index (χ3v) is 4.44. The highest BCUT2D eigenvalue weighted by Crippen LogP contribution is 2.28. The van der Waals surface area contributed by atoms with Crippen molar-refractivity contribution in [3.8, 4) is 11.5 Å². The Balaban J connectivity index is 2.18. The number of allylic oxidation sites excluding steroid dienone is 3. The molecule has 29 heavy (non-hydrogen) atoms. The zero-order chi connectivity index (χ0) is 21.6. The van der Waals surface area contributed by atoms with E-state index in [4.69, 9.17) is 9.47 Å². The first-order valence-electron chi connectivity index (χ1n) is 9.42. The summed E-state index contributed by atoms with van der Waals surface area (Å²) in [7, 11) is 0. The molecular formula is C21H28O8. The third-order valence-electron chi connectivity index (χ3n) is 4.44. The highest BCUT2D eigenvalue weighted by molar-refractivity contribution is 5.86. The number of carboxylic acid groups (broad SMARTS) is 1. The molecule has 0 unspecified atom stereocenters. The van der Waals surface area contributed by atoms with Crippen LogP contribution in [0.1, 0.15) is 25.8 Å². The molecule has 0 amide bonds. The number of aliphatic carboxylic acids is 1. The molecule has 8 nitrogen and oxygen atoms in total. The van der Waals surface area contributed by atoms with E-state index >= 15 is 0 Å². The average molecular weight is 408 g/mol. The molecule has 1 fully saturated rings. The van der Waals surface area contributed by atoms with E-state index in [1.54, 1.807) is 6.08 Å². The van der Waals surface area contributed by atoms with Crippen molar-refractivity contribution in [2.75, 3.05) is 6.61 Å². The van der Waals surface area contributed by atoms with Gasteiger partial charge < -0.3 is 35.0 Å². The average Bonchev–Trinajstić information content (AvgIpc) is 2.66. The standard InChI is InChI=1S/C21H28O8/c1-12(2)4-3-5-13(20(26)27)6-7-14-10-15(22)8-9-17(14)29-21-19(25)18(24)16(23)11-28-21/h3-4,6,8-10,12,16,18-19,21-25H,5,7,11H2,1-2H3,(H,26,27)/t16-,18+,19-,21+/m1/s1. The molecule has 0 saturated carbocycles. The maximum Gasteiger partial charge on any atom is 0.331 e. The number of hydrogen-bond donors (Lipinski definition) is 5. The summed E-state index contributed by atoms with van der Waals surface area (Å²) >= 11 is 0. The van der Waals surface area contributed by atoms with Crippen LogP contribution in [0, 0.1) is 5.92 Å². The summed E-state index contributed by atoms with van der Waals surface area (Å²) in [5.41, 5.74) is 0.677. The Morgan fingerprint density at radius 1 is 1.28 bits per heavy atom. The number of carboxylic acids is 1. The van der Waals surface area contributed by atoms with E-state index in [1.807, 2.05) is 19.9 Å². The molecule has 0 aromatic heterocycles. The van der Waals surface area contributed by atoms with Crippen LogP contribution in [0.2, 0.25) is 0 Å². The Labute approximate surface area is 169 Å². The fourth-order valence-electron chi connectivity index (χ4n) is 2.81. The summed E-state index contributed by atoms with van der Waals surface area (Å²) in [6.07, 6.45) is 0.354. The van der Waals surface area contributed by atoms with Gasteiger partial charge in [0.15, 0.2) is 0 Å². The lowest BCUT2D eigenvalue weighted by molar-refractivity contribution is -0.242. The number of aliphatic hydroxyl groups excluding tert-OH is 3. The SMILES string of the molecule is CC(C)C=CCC(=CCc1cc(O)ccc1O[C@@H]1OC[C@@H](O)[C@H](O)[C@H]1O)C(=O)O. The van der Waals surface area contributed by atoms with E-state index in [1.165, 1.54) is 24.3 Å². The molecule has 160 valence electrons. The number of hydrogen-bond acceptors (Lipinski definition) is 7. The molecule has 1 aromatic carbocycles. The normalized spacial score (nSPS) is 25.5. The van der Waals surface area contributed by atoms with Crippen molar-refractivity contribution in [2.24, 2.45) is 5.92 Å². The highest BCUT2D eigenvalue weighted by atomic mass is 16.7. The molecular weight excluding hydrogens is 380 g/mol. The van der Waals surface area contributed by atoms with Crippen molar-refractivity contribution in [2.45, 2.75) is 51.3 Å². The Kier molecular flexibility index (Phi) is 8.21. The van der Waals surface area contributed by atoms with Crippen molar-refractivity contribution < 1.29 is 39.8 Å². The van der Waals surface area contributed by atoms with Crippen molar-refractivity contribution in [1.82, 2.24) is 0 Å². The minimum absolute atomic E-state index is 0.0297. The molecule has 2 rings (SSSR count). The maximum absolute atomic E-state index is 11.5. The van der Waals surface area contributed by atoms with Crippen LogP contribution in [0.25, 0.3) is 0 Å². The van der Waals surface area contributed by atoms with Crippen molar-refractivity contribution >= 4 is 5.97 Å². The van der Waals surface area contributed by atoms with E-state index < -0.39 is 30.6 Å². The summed E-state index contributed by atoms with van der Waals surface area (Å²) in [5, 5.41) is 48.6. The van der Waals surface area contributed by atoms with Crippen molar-refractivity contribution in [3.63, 3.8) is 0 Å². The van der Waals surface area contributed by atoms with E-state index in [0.717, 1.165) is 0 Å². The second-order valence-corrected chi connectivity index (χ2v) is 7.28. The summed E-state index contributed by atoms with van der Waals surface area (Å²) < 4.78 is 10.9. The molecule has 0 radical (unpaired) electrons. The minimum atomic E-state index is -1.47. The molecule has 0 spiro atoms. The first-order valence-corrected chi connectivity index (χ1v) is 9.42. The molecule has 1 aliphatic heterocycles. The van der Waals surface area contributed by atoms with Gasteiger partial charge in [-0.05, 0) is 37.0 Å². The van der Waals surface area contributed by atoms with Gasteiger partial charge >= 0.3 is 5.97 Å². The largest absolute Gasteiger partial charge is 0.508 e. The first-order chi connectivity index (χ1) is 13.7. The molecule has 4 atom stereocenters. The summed E-state index contributed by atoms with van der Waals surface area (Å²) in [6.45, 7) is 3.78. The summed E-state index contributed by atoms with van der Waals surface area (Å²) in [6, 6.07) is 4.27. The van der Waals surface area contributed by atoms with Crippen LogP contribution in [-0.4, -0.2) is 62.7 Å². The second kappa shape index (κ2) is 10.4. The van der Waals surface area contributed by atoms with E-state index in [2.05, 4.69) is 0 Å². The first kappa shape index (κ1) is 22.9. The third kappa shape index (κ3) is 6.57. The van der Waals surface area contributed by atoms with Gasteiger partial charge in [-0.2, -0.15) is 0 Å². The number of phenols is 1. The van der Waals surface area contributed by atoms with Gasteiger partial charge in [0.1, 0.15) is 29.8 Å². The van der Waals surface area contributed by atoms with Gasteiger partial charge in [-0.25, -0.2) is 4.79 Å². The quantitative estimate of drug-likeness (QED) is 0.321. The van der Waals surface area contributed by atoms with E-state index in [-0.39, 0.29) is 36.5 Å². The Morgan fingerprint density at radius 3 is 2.66 bits per heavy atom. The predicted octanol–water partition coefficient (Wildman–Crippen LogP) is 1.37. The number of carbonyl (C=O) groups is 1. The van der Waals surface area contributed by atoms with Crippen LogP contribution in [0.3, 0.4) is 0 Å². The molecule has 0 aliphatic carbocycles. The van der Waals surface area contributed by atoms with Gasteiger partial charge in [0.2, 0.25) is 6.29 Å². The van der Waals surface area contributed by atoms with Gasteiger partial charge in [-0.1, -0.05) is 32.1 Å². The monoisotopic (exact) mass is 408 g/mol. The number of rotatable bonds is 8. The van der Waals surface area contributed by atoms with Crippen LogP contribution in [-0.2, 0) is 16.0 Å². The zero-order valence-electron chi connectivity index (χ0n) is 16.4. The van der Waals surface area contributed by atoms with Crippen LogP contribution >= 0.6 is 0 Å². The molecule has 5 N–H and O–H groups in total. The Hall–Kier alpha value is -2.39. The minimum Gasteiger partial charge on any atom is -0.508 e. The molecule has 1 aliphatic rings. The number of aromatic hydroxyl groups is 1. The highest BCUT2D eigenvalue weighted by Gasteiger charge is 2.39. The lowest BCUT2D eigenvalue weighted by Crippen LogP contribution is -2.54.